The zero-order chi connectivity index (χ0) is 10.8. The van der Waals surface area contributed by atoms with Crippen molar-refractivity contribution in [2.45, 2.75) is 18.7 Å². The van der Waals surface area contributed by atoms with Crippen LogP contribution >= 0.6 is 6.72 Å². The Kier molecular flexibility index (Phi) is 4.56. The lowest BCUT2D eigenvalue weighted by atomic mass is 9.85. The molecule has 0 amide bonds. The molecule has 0 aromatic heterocycles. The number of hydrogen-bond donors (Lipinski definition) is 3. The van der Waals surface area contributed by atoms with E-state index in [1.54, 1.807) is 0 Å². The third kappa shape index (κ3) is 3.97. The minimum absolute atomic E-state index is 0.0570. The molecule has 80 valence electrons. The predicted octanol–water partition coefficient (Wildman–Crippen LogP) is 0.188. The summed E-state index contributed by atoms with van der Waals surface area (Å²) in [5.74, 6) is 0.235. The van der Waals surface area contributed by atoms with Crippen molar-refractivity contribution in [3.63, 3.8) is 0 Å². The zero-order valence-electron chi connectivity index (χ0n) is 7.74. The molecule has 1 saturated carbocycles. The first-order valence-electron chi connectivity index (χ1n) is 4.49. The van der Waals surface area contributed by atoms with Gasteiger partial charge < -0.3 is 19.4 Å². The predicted molar refractivity (Wildman–Crippen MR) is 57.5 cm³/mol. The Labute approximate surface area is 90.0 Å². The maximum absolute atomic E-state index is 9.03. The van der Waals surface area contributed by atoms with E-state index in [2.05, 4.69) is 11.8 Å². The smallest absolute Gasteiger partial charge is 0.321 e. The molecule has 0 spiro atoms. The molecule has 0 aliphatic heterocycles. The first-order chi connectivity index (χ1) is 6.42. The van der Waals surface area contributed by atoms with Crippen molar-refractivity contribution in [2.24, 2.45) is 11.8 Å². The van der Waals surface area contributed by atoms with Crippen LogP contribution in [0.2, 0.25) is 5.82 Å². The zero-order valence-corrected chi connectivity index (χ0v) is 9.45. The topological polar surface area (TPSA) is 69.9 Å². The van der Waals surface area contributed by atoms with Gasteiger partial charge in [-0.25, -0.2) is 0 Å². The van der Waals surface area contributed by atoms with Crippen LogP contribution in [0, 0.1) is 11.8 Å². The molecule has 1 rings (SSSR count). The van der Waals surface area contributed by atoms with E-state index in [-0.39, 0.29) is 30.9 Å². The molecule has 0 bridgehead atoms. The lowest BCUT2D eigenvalue weighted by Crippen LogP contribution is -2.17. The Morgan fingerprint density at radius 2 is 1.93 bits per heavy atom. The standard InChI is InChI=1S/C7H14BO4PS/c8-7-1-5(3-9)6(2-7)4-12-13(10,11)14/h5-7,9H,1-4H2,(H2,10,11,14)/t5?,6-,7+/m1/s1. The van der Waals surface area contributed by atoms with E-state index in [9.17, 15) is 0 Å². The van der Waals surface area contributed by atoms with E-state index in [4.69, 9.17) is 27.3 Å². The van der Waals surface area contributed by atoms with Crippen LogP contribution in [0.3, 0.4) is 0 Å². The van der Waals surface area contributed by atoms with Crippen LogP contribution in [0.4, 0.5) is 0 Å². The van der Waals surface area contributed by atoms with Gasteiger partial charge in [0.05, 0.1) is 14.5 Å². The fraction of sp³-hybridized carbons (Fsp3) is 1.00. The fourth-order valence-electron chi connectivity index (χ4n) is 1.88. The van der Waals surface area contributed by atoms with Gasteiger partial charge in [0, 0.05) is 6.61 Å². The molecule has 0 saturated heterocycles. The summed E-state index contributed by atoms with van der Waals surface area (Å²) in [5.41, 5.74) is 0. The highest BCUT2D eigenvalue weighted by atomic mass is 32.5. The molecule has 1 aliphatic rings. The molecule has 1 aliphatic carbocycles. The second-order valence-corrected chi connectivity index (χ2v) is 6.39. The average Bonchev–Trinajstić information content (AvgIpc) is 2.41. The van der Waals surface area contributed by atoms with Gasteiger partial charge in [-0.05, 0) is 23.6 Å². The highest BCUT2D eigenvalue weighted by Crippen LogP contribution is 2.43. The van der Waals surface area contributed by atoms with Gasteiger partial charge in [-0.2, -0.15) is 0 Å². The van der Waals surface area contributed by atoms with Crippen molar-refractivity contribution in [3.05, 3.63) is 0 Å². The summed E-state index contributed by atoms with van der Waals surface area (Å²) in [5, 5.41) is 9.03. The summed E-state index contributed by atoms with van der Waals surface area (Å²) in [6.45, 7) is -3.34. The number of hydrogen-bond acceptors (Lipinski definition) is 3. The molecule has 0 aromatic carbocycles. The Morgan fingerprint density at radius 1 is 1.36 bits per heavy atom. The van der Waals surface area contributed by atoms with E-state index >= 15 is 0 Å². The molecular weight excluding hydrogens is 222 g/mol. The SMILES string of the molecule is [B][C@H]1CC(CO)[C@@H](COP(O)(O)=S)C1. The molecule has 4 nitrogen and oxygen atoms in total. The number of rotatable bonds is 4. The van der Waals surface area contributed by atoms with Crippen LogP contribution in [0.1, 0.15) is 12.8 Å². The third-order valence-electron chi connectivity index (χ3n) is 2.57. The Bertz CT molecular complexity index is 234. The van der Waals surface area contributed by atoms with Crippen LogP contribution in [0.25, 0.3) is 0 Å². The second-order valence-electron chi connectivity index (χ2n) is 3.72. The summed E-state index contributed by atoms with van der Waals surface area (Å²) < 4.78 is 4.76. The molecule has 1 unspecified atom stereocenters. The normalized spacial score (nSPS) is 33.5. The van der Waals surface area contributed by atoms with Crippen molar-refractivity contribution in [3.8, 4) is 0 Å². The average molecular weight is 236 g/mol. The molecule has 3 N–H and O–H groups in total. The van der Waals surface area contributed by atoms with Crippen molar-refractivity contribution < 1.29 is 19.4 Å². The van der Waals surface area contributed by atoms with Gasteiger partial charge in [0.25, 0.3) is 0 Å². The van der Waals surface area contributed by atoms with Gasteiger partial charge in [-0.1, -0.05) is 18.7 Å². The first kappa shape index (κ1) is 12.6. The number of aliphatic hydroxyl groups is 1. The van der Waals surface area contributed by atoms with Crippen LogP contribution in [-0.4, -0.2) is 36.0 Å². The maximum Gasteiger partial charge on any atom is 0.321 e. The van der Waals surface area contributed by atoms with Gasteiger partial charge in [0.15, 0.2) is 0 Å². The van der Waals surface area contributed by atoms with E-state index in [0.717, 1.165) is 12.8 Å². The van der Waals surface area contributed by atoms with Gasteiger partial charge in [0.1, 0.15) is 0 Å². The highest BCUT2D eigenvalue weighted by molar-refractivity contribution is 8.06. The van der Waals surface area contributed by atoms with Crippen LogP contribution in [-0.2, 0) is 16.3 Å². The van der Waals surface area contributed by atoms with Crippen molar-refractivity contribution in [2.75, 3.05) is 13.2 Å². The van der Waals surface area contributed by atoms with Crippen LogP contribution in [0.5, 0.6) is 0 Å². The largest absolute Gasteiger partial charge is 0.396 e. The summed E-state index contributed by atoms with van der Waals surface area (Å²) in [6, 6.07) is 0. The van der Waals surface area contributed by atoms with Gasteiger partial charge in [-0.3, -0.25) is 0 Å². The molecule has 0 aromatic rings. The lowest BCUT2D eigenvalue weighted by molar-refractivity contribution is 0.140. The van der Waals surface area contributed by atoms with Crippen molar-refractivity contribution in [1.29, 1.82) is 0 Å². The van der Waals surface area contributed by atoms with Crippen LogP contribution in [0.15, 0.2) is 0 Å². The second kappa shape index (κ2) is 5.06. The molecule has 7 heteroatoms. The van der Waals surface area contributed by atoms with Crippen molar-refractivity contribution in [1.82, 2.24) is 0 Å². The molecular formula is C7H14BO4PS. The molecule has 1 fully saturated rings. The molecule has 0 heterocycles. The minimum Gasteiger partial charge on any atom is -0.396 e. The molecule has 14 heavy (non-hydrogen) atoms. The van der Waals surface area contributed by atoms with Gasteiger partial charge in [0.2, 0.25) is 0 Å². The van der Waals surface area contributed by atoms with Gasteiger partial charge >= 0.3 is 6.72 Å². The van der Waals surface area contributed by atoms with Crippen molar-refractivity contribution >= 4 is 26.4 Å². The Hall–Kier alpha value is 0.555. The lowest BCUT2D eigenvalue weighted by Gasteiger charge is -2.18. The third-order valence-corrected chi connectivity index (χ3v) is 3.37. The molecule has 2 radical (unpaired) electrons. The first-order valence-corrected chi connectivity index (χ1v) is 7.11. The fourth-order valence-corrected chi connectivity index (χ4v) is 2.45. The quantitative estimate of drug-likeness (QED) is 0.480. The maximum atomic E-state index is 9.03. The summed E-state index contributed by atoms with van der Waals surface area (Å²) >= 11 is 4.33. The molecule has 3 atom stereocenters. The summed E-state index contributed by atoms with van der Waals surface area (Å²) in [4.78, 5) is 17.7. The number of aliphatic hydroxyl groups excluding tert-OH is 1. The summed E-state index contributed by atoms with van der Waals surface area (Å²) in [6.07, 6.45) is 1.49. The van der Waals surface area contributed by atoms with E-state index in [1.807, 2.05) is 0 Å². The Morgan fingerprint density at radius 3 is 2.43 bits per heavy atom. The van der Waals surface area contributed by atoms with E-state index < -0.39 is 6.72 Å². The van der Waals surface area contributed by atoms with Gasteiger partial charge in [-0.15, -0.1) is 0 Å². The minimum atomic E-state index is -3.56. The van der Waals surface area contributed by atoms with Crippen LogP contribution < -0.4 is 0 Å². The monoisotopic (exact) mass is 236 g/mol. The van der Waals surface area contributed by atoms with E-state index in [1.165, 1.54) is 0 Å². The highest BCUT2D eigenvalue weighted by Gasteiger charge is 2.32. The Balaban J connectivity index is 2.40. The summed E-state index contributed by atoms with van der Waals surface area (Å²) in [7, 11) is 5.72. The van der Waals surface area contributed by atoms with E-state index in [0.29, 0.717) is 0 Å².